The van der Waals surface area contributed by atoms with Crippen molar-refractivity contribution in [3.05, 3.63) is 23.0 Å². The number of aromatic nitrogens is 1. The number of hydrogen-bond donors (Lipinski definition) is 2. The van der Waals surface area contributed by atoms with E-state index < -0.39 is 0 Å². The summed E-state index contributed by atoms with van der Waals surface area (Å²) in [4.78, 5) is 15.5. The lowest BCUT2D eigenvalue weighted by molar-refractivity contribution is -0.116. The Morgan fingerprint density at radius 3 is 2.94 bits per heavy atom. The molecule has 0 aliphatic carbocycles. The minimum Gasteiger partial charge on any atom is -0.323 e. The molecule has 0 aliphatic heterocycles. The van der Waals surface area contributed by atoms with Crippen LogP contribution in [0.2, 0.25) is 5.15 Å². The number of nitrogens with one attached hydrogen (secondary N) is 2. The maximum atomic E-state index is 11.6. The summed E-state index contributed by atoms with van der Waals surface area (Å²) < 4.78 is 0. The number of amides is 1. The van der Waals surface area contributed by atoms with Gasteiger partial charge in [-0.05, 0) is 25.1 Å². The van der Waals surface area contributed by atoms with Crippen LogP contribution in [0.4, 0.5) is 5.69 Å². The fourth-order valence-corrected chi connectivity index (χ4v) is 1.51. The van der Waals surface area contributed by atoms with E-state index in [0.717, 1.165) is 12.1 Å². The standard InChI is InChI=1S/C11H16ClN3O/c1-3-13-6-5-9(16)15-10-8(2)4-7-14-11(10)12/h4,7,13H,3,5-6H2,1-2H3,(H,15,16). The summed E-state index contributed by atoms with van der Waals surface area (Å²) in [6.07, 6.45) is 2.05. The molecule has 1 aromatic heterocycles. The second kappa shape index (κ2) is 6.45. The Kier molecular flexibility index (Phi) is 5.22. The van der Waals surface area contributed by atoms with E-state index in [-0.39, 0.29) is 5.91 Å². The highest BCUT2D eigenvalue weighted by molar-refractivity contribution is 6.32. The first kappa shape index (κ1) is 12.9. The van der Waals surface area contributed by atoms with E-state index in [2.05, 4.69) is 15.6 Å². The number of anilines is 1. The van der Waals surface area contributed by atoms with E-state index in [4.69, 9.17) is 11.6 Å². The first-order valence-corrected chi connectivity index (χ1v) is 5.64. The summed E-state index contributed by atoms with van der Waals surface area (Å²) in [6, 6.07) is 1.81. The number of halogens is 1. The third-order valence-electron chi connectivity index (χ3n) is 2.16. The van der Waals surface area contributed by atoms with Gasteiger partial charge >= 0.3 is 0 Å². The van der Waals surface area contributed by atoms with Crippen LogP contribution in [0.15, 0.2) is 12.3 Å². The van der Waals surface area contributed by atoms with Crippen LogP contribution in [0.1, 0.15) is 18.9 Å². The first-order valence-electron chi connectivity index (χ1n) is 5.26. The molecule has 0 saturated heterocycles. The lowest BCUT2D eigenvalue weighted by Crippen LogP contribution is -2.21. The van der Waals surface area contributed by atoms with Gasteiger partial charge in [0.05, 0.1) is 5.69 Å². The van der Waals surface area contributed by atoms with Gasteiger partial charge in [-0.1, -0.05) is 18.5 Å². The van der Waals surface area contributed by atoms with Gasteiger partial charge in [-0.3, -0.25) is 4.79 Å². The highest BCUT2D eigenvalue weighted by Crippen LogP contribution is 2.22. The maximum absolute atomic E-state index is 11.6. The van der Waals surface area contributed by atoms with Gasteiger partial charge in [0.15, 0.2) is 5.15 Å². The Morgan fingerprint density at radius 1 is 1.56 bits per heavy atom. The molecule has 0 fully saturated rings. The molecule has 1 amide bonds. The van der Waals surface area contributed by atoms with Gasteiger partial charge in [-0.15, -0.1) is 0 Å². The zero-order chi connectivity index (χ0) is 12.0. The molecule has 1 aromatic rings. The van der Waals surface area contributed by atoms with Crippen LogP contribution in [0.3, 0.4) is 0 Å². The Labute approximate surface area is 100 Å². The third-order valence-corrected chi connectivity index (χ3v) is 2.44. The van der Waals surface area contributed by atoms with Crippen LogP contribution < -0.4 is 10.6 Å². The normalized spacial score (nSPS) is 10.2. The van der Waals surface area contributed by atoms with Crippen molar-refractivity contribution in [1.82, 2.24) is 10.3 Å². The Bertz CT molecular complexity index is 348. The van der Waals surface area contributed by atoms with Crippen molar-refractivity contribution in [2.75, 3.05) is 18.4 Å². The number of nitrogens with zero attached hydrogens (tertiary/aromatic N) is 1. The molecule has 0 saturated carbocycles. The van der Waals surface area contributed by atoms with Crippen LogP contribution in [0.25, 0.3) is 0 Å². The van der Waals surface area contributed by atoms with E-state index in [1.807, 2.05) is 19.9 Å². The summed E-state index contributed by atoms with van der Waals surface area (Å²) in [5, 5.41) is 6.18. The average Bonchev–Trinajstić information content (AvgIpc) is 2.24. The molecule has 1 rings (SSSR count). The van der Waals surface area contributed by atoms with E-state index in [1.54, 1.807) is 6.20 Å². The Hall–Kier alpha value is -1.13. The fourth-order valence-electron chi connectivity index (χ4n) is 1.26. The molecule has 2 N–H and O–H groups in total. The number of pyridine rings is 1. The third kappa shape index (κ3) is 3.79. The number of hydrogen-bond acceptors (Lipinski definition) is 3. The van der Waals surface area contributed by atoms with Crippen molar-refractivity contribution in [2.45, 2.75) is 20.3 Å². The molecule has 4 nitrogen and oxygen atoms in total. The Balaban J connectivity index is 2.56. The molecule has 5 heteroatoms. The molecule has 1 heterocycles. The van der Waals surface area contributed by atoms with Crippen LogP contribution in [0, 0.1) is 6.92 Å². The van der Waals surface area contributed by atoms with Gasteiger partial charge < -0.3 is 10.6 Å². The minimum absolute atomic E-state index is 0.0565. The lowest BCUT2D eigenvalue weighted by atomic mass is 10.2. The molecule has 0 unspecified atom stereocenters. The zero-order valence-electron chi connectivity index (χ0n) is 9.51. The topological polar surface area (TPSA) is 54.0 Å². The fraction of sp³-hybridized carbons (Fsp3) is 0.455. The zero-order valence-corrected chi connectivity index (χ0v) is 10.3. The summed E-state index contributed by atoms with van der Waals surface area (Å²) in [6.45, 7) is 5.41. The van der Waals surface area contributed by atoms with Crippen molar-refractivity contribution in [3.8, 4) is 0 Å². The van der Waals surface area contributed by atoms with Crippen LogP contribution in [-0.2, 0) is 4.79 Å². The number of carbonyl (C=O) groups is 1. The molecule has 0 radical (unpaired) electrons. The smallest absolute Gasteiger partial charge is 0.225 e. The van der Waals surface area contributed by atoms with Gasteiger partial charge in [0.2, 0.25) is 5.91 Å². The highest BCUT2D eigenvalue weighted by atomic mass is 35.5. The minimum atomic E-state index is -0.0565. The van der Waals surface area contributed by atoms with Crippen molar-refractivity contribution in [2.24, 2.45) is 0 Å². The van der Waals surface area contributed by atoms with Crippen LogP contribution >= 0.6 is 11.6 Å². The van der Waals surface area contributed by atoms with Crippen molar-refractivity contribution < 1.29 is 4.79 Å². The summed E-state index contributed by atoms with van der Waals surface area (Å²) in [5.41, 5.74) is 1.52. The van der Waals surface area contributed by atoms with E-state index in [1.165, 1.54) is 0 Å². The van der Waals surface area contributed by atoms with Crippen molar-refractivity contribution in [1.29, 1.82) is 0 Å². The number of aryl methyl sites for hydroxylation is 1. The van der Waals surface area contributed by atoms with E-state index in [9.17, 15) is 4.79 Å². The quantitative estimate of drug-likeness (QED) is 0.612. The second-order valence-electron chi connectivity index (χ2n) is 3.45. The van der Waals surface area contributed by atoms with Crippen LogP contribution in [-0.4, -0.2) is 24.0 Å². The predicted molar refractivity (Wildman–Crippen MR) is 65.8 cm³/mol. The SMILES string of the molecule is CCNCCC(=O)Nc1c(C)ccnc1Cl. The van der Waals surface area contributed by atoms with Crippen molar-refractivity contribution in [3.63, 3.8) is 0 Å². The summed E-state index contributed by atoms with van der Waals surface area (Å²) in [5.74, 6) is -0.0565. The number of carbonyl (C=O) groups excluding carboxylic acids is 1. The van der Waals surface area contributed by atoms with Gasteiger partial charge in [-0.25, -0.2) is 4.98 Å². The molecule has 0 aromatic carbocycles. The molecule has 0 bridgehead atoms. The summed E-state index contributed by atoms with van der Waals surface area (Å²) >= 11 is 5.89. The molecular weight excluding hydrogens is 226 g/mol. The van der Waals surface area contributed by atoms with Gasteiger partial charge in [0.25, 0.3) is 0 Å². The van der Waals surface area contributed by atoms with Gasteiger partial charge in [0, 0.05) is 19.2 Å². The maximum Gasteiger partial charge on any atom is 0.225 e. The molecular formula is C11H16ClN3O. The lowest BCUT2D eigenvalue weighted by Gasteiger charge is -2.09. The monoisotopic (exact) mass is 241 g/mol. The number of rotatable bonds is 5. The van der Waals surface area contributed by atoms with Crippen LogP contribution in [0.5, 0.6) is 0 Å². The van der Waals surface area contributed by atoms with Gasteiger partial charge in [-0.2, -0.15) is 0 Å². The molecule has 16 heavy (non-hydrogen) atoms. The molecule has 0 spiro atoms. The average molecular weight is 242 g/mol. The Morgan fingerprint density at radius 2 is 2.31 bits per heavy atom. The summed E-state index contributed by atoms with van der Waals surface area (Å²) in [7, 11) is 0. The molecule has 88 valence electrons. The van der Waals surface area contributed by atoms with Gasteiger partial charge in [0.1, 0.15) is 0 Å². The molecule has 0 atom stereocenters. The molecule has 0 aliphatic rings. The first-order chi connectivity index (χ1) is 7.65. The van der Waals surface area contributed by atoms with E-state index in [0.29, 0.717) is 23.8 Å². The largest absolute Gasteiger partial charge is 0.323 e. The second-order valence-corrected chi connectivity index (χ2v) is 3.80. The van der Waals surface area contributed by atoms with E-state index >= 15 is 0 Å². The highest BCUT2D eigenvalue weighted by Gasteiger charge is 2.08. The predicted octanol–water partition coefficient (Wildman–Crippen LogP) is 1.98. The van der Waals surface area contributed by atoms with Crippen molar-refractivity contribution >= 4 is 23.2 Å².